The number of carbonyl (C=O) groups excluding carboxylic acids is 1. The van der Waals surface area contributed by atoms with Crippen molar-refractivity contribution >= 4 is 34.0 Å². The van der Waals surface area contributed by atoms with E-state index in [0.717, 1.165) is 16.8 Å². The molecule has 0 atom stereocenters. The SMILES string of the molecule is Cc1ccc(-c2csc(NC(=O)COc3ccc(Cl)cc3C)n2)cc1. The van der Waals surface area contributed by atoms with Crippen LogP contribution >= 0.6 is 22.9 Å². The number of halogens is 1. The molecule has 4 nitrogen and oxygen atoms in total. The number of hydrogen-bond acceptors (Lipinski definition) is 4. The van der Waals surface area contributed by atoms with Crippen LogP contribution in [0, 0.1) is 13.8 Å². The zero-order valence-corrected chi connectivity index (χ0v) is 15.4. The first-order valence-corrected chi connectivity index (χ1v) is 8.98. The number of carbonyl (C=O) groups is 1. The van der Waals surface area contributed by atoms with E-state index in [2.05, 4.69) is 10.3 Å². The Morgan fingerprint density at radius 1 is 1.20 bits per heavy atom. The first kappa shape index (κ1) is 17.5. The van der Waals surface area contributed by atoms with Crippen molar-refractivity contribution in [3.8, 4) is 17.0 Å². The Bertz CT molecular complexity index is 891. The highest BCUT2D eigenvalue weighted by Crippen LogP contribution is 2.25. The molecule has 0 spiro atoms. The molecular formula is C19H17ClN2O2S. The third-order valence-corrected chi connectivity index (χ3v) is 4.59. The highest BCUT2D eigenvalue weighted by Gasteiger charge is 2.09. The van der Waals surface area contributed by atoms with Gasteiger partial charge in [0.1, 0.15) is 5.75 Å². The fourth-order valence-corrected chi connectivity index (χ4v) is 3.22. The lowest BCUT2D eigenvalue weighted by Gasteiger charge is -2.08. The molecule has 1 aromatic heterocycles. The van der Waals surface area contributed by atoms with Gasteiger partial charge in [-0.2, -0.15) is 0 Å². The van der Waals surface area contributed by atoms with Crippen molar-refractivity contribution in [2.24, 2.45) is 0 Å². The van der Waals surface area contributed by atoms with Gasteiger partial charge >= 0.3 is 0 Å². The van der Waals surface area contributed by atoms with Crippen LogP contribution in [-0.4, -0.2) is 17.5 Å². The summed E-state index contributed by atoms with van der Waals surface area (Å²) in [7, 11) is 0. The standard InChI is InChI=1S/C19H17ClN2O2S/c1-12-3-5-14(6-4-12)16-11-25-19(21-16)22-18(23)10-24-17-8-7-15(20)9-13(17)2/h3-9,11H,10H2,1-2H3,(H,21,22,23). The molecule has 1 heterocycles. The summed E-state index contributed by atoms with van der Waals surface area (Å²) in [6.07, 6.45) is 0. The molecule has 0 fully saturated rings. The smallest absolute Gasteiger partial charge is 0.264 e. The van der Waals surface area contributed by atoms with Crippen molar-refractivity contribution in [2.75, 3.05) is 11.9 Å². The van der Waals surface area contributed by atoms with Crippen molar-refractivity contribution in [2.45, 2.75) is 13.8 Å². The minimum Gasteiger partial charge on any atom is -0.483 e. The third kappa shape index (κ3) is 4.59. The van der Waals surface area contributed by atoms with Gasteiger partial charge in [-0.25, -0.2) is 4.98 Å². The molecule has 1 amide bonds. The van der Waals surface area contributed by atoms with Crippen molar-refractivity contribution < 1.29 is 9.53 Å². The lowest BCUT2D eigenvalue weighted by Crippen LogP contribution is -2.20. The van der Waals surface area contributed by atoms with Crippen molar-refractivity contribution in [1.82, 2.24) is 4.98 Å². The molecule has 0 radical (unpaired) electrons. The maximum Gasteiger partial charge on any atom is 0.264 e. The van der Waals surface area contributed by atoms with Gasteiger partial charge in [-0.1, -0.05) is 41.4 Å². The number of thiazole rings is 1. The predicted octanol–water partition coefficient (Wildman–Crippen LogP) is 5.10. The van der Waals surface area contributed by atoms with E-state index in [1.54, 1.807) is 18.2 Å². The average Bonchev–Trinajstić information content (AvgIpc) is 3.03. The van der Waals surface area contributed by atoms with Crippen LogP contribution in [0.4, 0.5) is 5.13 Å². The Balaban J connectivity index is 1.59. The molecule has 128 valence electrons. The van der Waals surface area contributed by atoms with E-state index in [0.29, 0.717) is 15.9 Å². The number of nitrogens with one attached hydrogen (secondary N) is 1. The summed E-state index contributed by atoms with van der Waals surface area (Å²) in [5.74, 6) is 0.387. The number of amides is 1. The largest absolute Gasteiger partial charge is 0.483 e. The molecule has 0 saturated heterocycles. The van der Waals surface area contributed by atoms with E-state index >= 15 is 0 Å². The molecule has 6 heteroatoms. The van der Waals surface area contributed by atoms with Gasteiger partial charge in [-0.3, -0.25) is 10.1 Å². The molecule has 3 rings (SSSR count). The van der Waals surface area contributed by atoms with Crippen LogP contribution in [0.15, 0.2) is 47.8 Å². The molecular weight excluding hydrogens is 356 g/mol. The van der Waals surface area contributed by atoms with Gasteiger partial charge < -0.3 is 4.74 Å². The zero-order chi connectivity index (χ0) is 17.8. The fraction of sp³-hybridized carbons (Fsp3) is 0.158. The highest BCUT2D eigenvalue weighted by molar-refractivity contribution is 7.14. The second kappa shape index (κ2) is 7.68. The number of ether oxygens (including phenoxy) is 1. The van der Waals surface area contributed by atoms with E-state index in [1.807, 2.05) is 43.5 Å². The van der Waals surface area contributed by atoms with Crippen LogP contribution in [0.2, 0.25) is 5.02 Å². The molecule has 1 N–H and O–H groups in total. The number of benzene rings is 2. The summed E-state index contributed by atoms with van der Waals surface area (Å²) in [6, 6.07) is 13.4. The van der Waals surface area contributed by atoms with Crippen molar-refractivity contribution in [3.63, 3.8) is 0 Å². The van der Waals surface area contributed by atoms with Crippen LogP contribution < -0.4 is 10.1 Å². The highest BCUT2D eigenvalue weighted by atomic mass is 35.5. The topological polar surface area (TPSA) is 51.2 Å². The Morgan fingerprint density at radius 3 is 2.68 bits per heavy atom. The molecule has 0 unspecified atom stereocenters. The van der Waals surface area contributed by atoms with Crippen LogP contribution in [0.1, 0.15) is 11.1 Å². The summed E-state index contributed by atoms with van der Waals surface area (Å²) < 4.78 is 5.54. The second-order valence-corrected chi connectivity index (χ2v) is 6.95. The first-order valence-electron chi connectivity index (χ1n) is 7.72. The van der Waals surface area contributed by atoms with Crippen LogP contribution in [-0.2, 0) is 4.79 Å². The monoisotopic (exact) mass is 372 g/mol. The van der Waals surface area contributed by atoms with Gasteiger partial charge in [0.15, 0.2) is 11.7 Å². The molecule has 0 aliphatic carbocycles. The van der Waals surface area contributed by atoms with Gasteiger partial charge in [0.05, 0.1) is 5.69 Å². The molecule has 2 aromatic carbocycles. The Morgan fingerprint density at radius 2 is 1.96 bits per heavy atom. The normalized spacial score (nSPS) is 10.5. The quantitative estimate of drug-likeness (QED) is 0.678. The number of anilines is 1. The number of rotatable bonds is 5. The summed E-state index contributed by atoms with van der Waals surface area (Å²) in [5.41, 5.74) is 3.95. The van der Waals surface area contributed by atoms with Gasteiger partial charge in [-0.15, -0.1) is 11.3 Å². The maximum atomic E-state index is 12.1. The van der Waals surface area contributed by atoms with Crippen LogP contribution in [0.3, 0.4) is 0 Å². The minimum absolute atomic E-state index is 0.0814. The molecule has 0 aliphatic rings. The average molecular weight is 373 g/mol. The summed E-state index contributed by atoms with van der Waals surface area (Å²) in [5, 5.41) is 5.88. The van der Waals surface area contributed by atoms with E-state index in [-0.39, 0.29) is 12.5 Å². The predicted molar refractivity (Wildman–Crippen MR) is 103 cm³/mol. The minimum atomic E-state index is -0.251. The van der Waals surface area contributed by atoms with Gasteiger partial charge in [0.25, 0.3) is 5.91 Å². The number of aromatic nitrogens is 1. The Hall–Kier alpha value is -2.37. The lowest BCUT2D eigenvalue weighted by atomic mass is 10.1. The lowest BCUT2D eigenvalue weighted by molar-refractivity contribution is -0.118. The maximum absolute atomic E-state index is 12.1. The summed E-state index contributed by atoms with van der Waals surface area (Å²) in [4.78, 5) is 16.5. The molecule has 25 heavy (non-hydrogen) atoms. The molecule has 0 saturated carbocycles. The number of aryl methyl sites for hydroxylation is 2. The van der Waals surface area contributed by atoms with E-state index in [1.165, 1.54) is 16.9 Å². The molecule has 0 bridgehead atoms. The van der Waals surface area contributed by atoms with E-state index in [9.17, 15) is 4.79 Å². The summed E-state index contributed by atoms with van der Waals surface area (Å²) in [6.45, 7) is 3.84. The first-order chi connectivity index (χ1) is 12.0. The third-order valence-electron chi connectivity index (χ3n) is 3.59. The van der Waals surface area contributed by atoms with E-state index in [4.69, 9.17) is 16.3 Å². The van der Waals surface area contributed by atoms with Gasteiger partial charge in [0.2, 0.25) is 0 Å². The fourth-order valence-electron chi connectivity index (χ4n) is 2.26. The molecule has 3 aromatic rings. The van der Waals surface area contributed by atoms with E-state index < -0.39 is 0 Å². The number of nitrogens with zero attached hydrogens (tertiary/aromatic N) is 1. The van der Waals surface area contributed by atoms with Gasteiger partial charge in [0, 0.05) is 16.0 Å². The molecule has 0 aliphatic heterocycles. The van der Waals surface area contributed by atoms with Crippen LogP contribution in [0.25, 0.3) is 11.3 Å². The Kier molecular flexibility index (Phi) is 5.36. The zero-order valence-electron chi connectivity index (χ0n) is 13.9. The Labute approximate surface area is 155 Å². The second-order valence-electron chi connectivity index (χ2n) is 5.65. The van der Waals surface area contributed by atoms with Crippen LogP contribution in [0.5, 0.6) is 5.75 Å². The number of hydrogen-bond donors (Lipinski definition) is 1. The van der Waals surface area contributed by atoms with Crippen molar-refractivity contribution in [1.29, 1.82) is 0 Å². The summed E-state index contributed by atoms with van der Waals surface area (Å²) >= 11 is 7.29. The van der Waals surface area contributed by atoms with Crippen molar-refractivity contribution in [3.05, 3.63) is 64.0 Å². The van der Waals surface area contributed by atoms with Gasteiger partial charge in [-0.05, 0) is 37.6 Å².